The van der Waals surface area contributed by atoms with Crippen molar-refractivity contribution in [2.75, 3.05) is 20.1 Å². The van der Waals surface area contributed by atoms with Crippen LogP contribution in [0.1, 0.15) is 18.9 Å². The predicted molar refractivity (Wildman–Crippen MR) is 64.9 cm³/mol. The Morgan fingerprint density at radius 1 is 1.13 bits per heavy atom. The van der Waals surface area contributed by atoms with Crippen LogP contribution in [0, 0.1) is 11.8 Å². The van der Waals surface area contributed by atoms with Gasteiger partial charge in [-0.05, 0) is 30.9 Å². The Kier molecular flexibility index (Phi) is 3.42. The summed E-state index contributed by atoms with van der Waals surface area (Å²) in [6.07, 6.45) is 2.57. The summed E-state index contributed by atoms with van der Waals surface area (Å²) in [5.74, 6) is 1.76. The highest BCUT2D eigenvalue weighted by Gasteiger charge is 2.29. The van der Waals surface area contributed by atoms with E-state index in [9.17, 15) is 0 Å². The lowest BCUT2D eigenvalue weighted by Crippen LogP contribution is -2.15. The summed E-state index contributed by atoms with van der Waals surface area (Å²) in [5.41, 5.74) is 1.50. The number of nitrogens with zero attached hydrogens (tertiary/aromatic N) is 1. The molecule has 0 radical (unpaired) electrons. The van der Waals surface area contributed by atoms with Crippen LogP contribution < -0.4 is 0 Å². The molecular formula is C14H21N. The summed E-state index contributed by atoms with van der Waals surface area (Å²) >= 11 is 0. The average Bonchev–Trinajstić information content (AvgIpc) is 2.60. The Morgan fingerprint density at radius 2 is 1.80 bits per heavy atom. The topological polar surface area (TPSA) is 3.24 Å². The normalized spacial score (nSPS) is 27.1. The van der Waals surface area contributed by atoms with Crippen molar-refractivity contribution in [3.8, 4) is 0 Å². The van der Waals surface area contributed by atoms with Crippen LogP contribution in [0.4, 0.5) is 0 Å². The van der Waals surface area contributed by atoms with Gasteiger partial charge in [0.1, 0.15) is 0 Å². The smallest absolute Gasteiger partial charge is 0.00130 e. The molecule has 0 amide bonds. The lowest BCUT2D eigenvalue weighted by atomic mass is 9.88. The minimum atomic E-state index is 0.863. The third kappa shape index (κ3) is 2.60. The largest absolute Gasteiger partial charge is 0.306 e. The van der Waals surface area contributed by atoms with E-state index in [4.69, 9.17) is 0 Å². The van der Waals surface area contributed by atoms with Gasteiger partial charge in [-0.3, -0.25) is 0 Å². The van der Waals surface area contributed by atoms with Gasteiger partial charge in [-0.2, -0.15) is 0 Å². The molecule has 15 heavy (non-hydrogen) atoms. The molecule has 2 atom stereocenters. The lowest BCUT2D eigenvalue weighted by Gasteiger charge is -2.16. The molecule has 0 bridgehead atoms. The first-order valence-corrected chi connectivity index (χ1v) is 6.02. The summed E-state index contributed by atoms with van der Waals surface area (Å²) in [7, 11) is 2.24. The monoisotopic (exact) mass is 203 g/mol. The molecule has 1 aliphatic heterocycles. The van der Waals surface area contributed by atoms with Crippen molar-refractivity contribution in [2.45, 2.75) is 19.8 Å². The molecule has 1 aromatic rings. The zero-order chi connectivity index (χ0) is 10.7. The average molecular weight is 203 g/mol. The molecule has 0 saturated carbocycles. The summed E-state index contributed by atoms with van der Waals surface area (Å²) in [5, 5.41) is 0. The fraction of sp³-hybridized carbons (Fsp3) is 0.571. The molecule has 1 nitrogen and oxygen atoms in total. The van der Waals surface area contributed by atoms with Crippen LogP contribution in [0.3, 0.4) is 0 Å². The van der Waals surface area contributed by atoms with E-state index >= 15 is 0 Å². The second-order valence-electron chi connectivity index (χ2n) is 4.84. The van der Waals surface area contributed by atoms with E-state index in [1.165, 1.54) is 31.5 Å². The highest BCUT2D eigenvalue weighted by Crippen LogP contribution is 2.27. The van der Waals surface area contributed by atoms with E-state index in [2.05, 4.69) is 49.2 Å². The van der Waals surface area contributed by atoms with Crippen LogP contribution in [0.5, 0.6) is 0 Å². The predicted octanol–water partition coefficient (Wildman–Crippen LogP) is 2.82. The van der Waals surface area contributed by atoms with Gasteiger partial charge in [0.25, 0.3) is 0 Å². The Morgan fingerprint density at radius 3 is 2.47 bits per heavy atom. The maximum absolute atomic E-state index is 2.47. The molecule has 0 aromatic heterocycles. The summed E-state index contributed by atoms with van der Waals surface area (Å²) in [6, 6.07) is 10.9. The van der Waals surface area contributed by atoms with Crippen LogP contribution in [-0.4, -0.2) is 25.0 Å². The van der Waals surface area contributed by atoms with Gasteiger partial charge in [0.05, 0.1) is 0 Å². The van der Waals surface area contributed by atoms with E-state index in [0.29, 0.717) is 0 Å². The van der Waals surface area contributed by atoms with Gasteiger partial charge in [-0.25, -0.2) is 0 Å². The molecule has 1 fully saturated rings. The van der Waals surface area contributed by atoms with E-state index in [1.54, 1.807) is 0 Å². The van der Waals surface area contributed by atoms with Crippen molar-refractivity contribution in [1.82, 2.24) is 4.90 Å². The van der Waals surface area contributed by atoms with E-state index in [-0.39, 0.29) is 0 Å². The highest BCUT2D eigenvalue weighted by molar-refractivity contribution is 5.15. The molecule has 0 aliphatic carbocycles. The van der Waals surface area contributed by atoms with Crippen molar-refractivity contribution in [3.05, 3.63) is 35.9 Å². The molecule has 0 N–H and O–H groups in total. The first-order valence-electron chi connectivity index (χ1n) is 6.02. The fourth-order valence-electron chi connectivity index (χ4n) is 2.78. The van der Waals surface area contributed by atoms with E-state index in [1.807, 2.05) is 0 Å². The van der Waals surface area contributed by atoms with Crippen LogP contribution >= 0.6 is 0 Å². The third-order valence-electron chi connectivity index (χ3n) is 3.62. The van der Waals surface area contributed by atoms with Gasteiger partial charge >= 0.3 is 0 Å². The molecule has 2 rings (SSSR count). The van der Waals surface area contributed by atoms with E-state index < -0.39 is 0 Å². The maximum atomic E-state index is 2.47. The van der Waals surface area contributed by atoms with Gasteiger partial charge < -0.3 is 4.90 Å². The van der Waals surface area contributed by atoms with Crippen LogP contribution in [0.25, 0.3) is 0 Å². The van der Waals surface area contributed by atoms with Gasteiger partial charge in [-0.15, -0.1) is 0 Å². The third-order valence-corrected chi connectivity index (χ3v) is 3.62. The lowest BCUT2D eigenvalue weighted by molar-refractivity contribution is 0.392. The number of hydrogen-bond acceptors (Lipinski definition) is 1. The number of likely N-dealkylation sites (tertiary alicyclic amines) is 1. The molecule has 1 heterocycles. The van der Waals surface area contributed by atoms with Gasteiger partial charge in [0.2, 0.25) is 0 Å². The highest BCUT2D eigenvalue weighted by atomic mass is 15.1. The Balaban J connectivity index is 2.00. The van der Waals surface area contributed by atoms with Crippen molar-refractivity contribution in [3.63, 3.8) is 0 Å². The van der Waals surface area contributed by atoms with Gasteiger partial charge in [0, 0.05) is 13.1 Å². The molecule has 1 heteroatoms. The van der Waals surface area contributed by atoms with Crippen molar-refractivity contribution in [2.24, 2.45) is 11.8 Å². The SMILES string of the molecule is CC[C@@H]1CN(C)CC1Cc1ccccc1. The fourth-order valence-corrected chi connectivity index (χ4v) is 2.78. The Labute approximate surface area is 93.1 Å². The maximum Gasteiger partial charge on any atom is 0.00130 e. The van der Waals surface area contributed by atoms with Crippen LogP contribution in [0.15, 0.2) is 30.3 Å². The van der Waals surface area contributed by atoms with Crippen LogP contribution in [-0.2, 0) is 6.42 Å². The van der Waals surface area contributed by atoms with E-state index in [0.717, 1.165) is 11.8 Å². The van der Waals surface area contributed by atoms with Gasteiger partial charge in [0.15, 0.2) is 0 Å². The number of hydrogen-bond donors (Lipinski definition) is 0. The Hall–Kier alpha value is -0.820. The van der Waals surface area contributed by atoms with Crippen molar-refractivity contribution < 1.29 is 0 Å². The number of rotatable bonds is 3. The van der Waals surface area contributed by atoms with Crippen molar-refractivity contribution in [1.29, 1.82) is 0 Å². The van der Waals surface area contributed by atoms with Crippen LogP contribution in [0.2, 0.25) is 0 Å². The summed E-state index contributed by atoms with van der Waals surface area (Å²) < 4.78 is 0. The van der Waals surface area contributed by atoms with Gasteiger partial charge in [-0.1, -0.05) is 43.7 Å². The summed E-state index contributed by atoms with van der Waals surface area (Å²) in [6.45, 7) is 4.88. The quantitative estimate of drug-likeness (QED) is 0.730. The zero-order valence-electron chi connectivity index (χ0n) is 9.82. The minimum Gasteiger partial charge on any atom is -0.306 e. The molecule has 1 aromatic carbocycles. The molecule has 82 valence electrons. The number of benzene rings is 1. The minimum absolute atomic E-state index is 0.863. The second kappa shape index (κ2) is 4.80. The second-order valence-corrected chi connectivity index (χ2v) is 4.84. The first kappa shape index (κ1) is 10.7. The zero-order valence-corrected chi connectivity index (χ0v) is 9.82. The van der Waals surface area contributed by atoms with Crippen molar-refractivity contribution >= 4 is 0 Å². The molecule has 1 saturated heterocycles. The molecule has 1 aliphatic rings. The summed E-state index contributed by atoms with van der Waals surface area (Å²) in [4.78, 5) is 2.47. The first-order chi connectivity index (χ1) is 7.29. The molecular weight excluding hydrogens is 182 g/mol. The Bertz CT molecular complexity index is 293. The molecule has 0 spiro atoms. The molecule has 1 unspecified atom stereocenters. The standard InChI is InChI=1S/C14H21N/c1-3-13-10-15(2)11-14(13)9-12-7-5-4-6-8-12/h4-8,13-14H,3,9-11H2,1-2H3/t13-,14?/m1/s1.